The van der Waals surface area contributed by atoms with Crippen LogP contribution in [0.4, 0.5) is 11.4 Å². The first-order chi connectivity index (χ1) is 8.87. The predicted molar refractivity (Wildman–Crippen MR) is 78.3 cm³/mol. The van der Waals surface area contributed by atoms with Crippen LogP contribution in [0.5, 0.6) is 0 Å². The Hall–Kier alpha value is -1.60. The van der Waals surface area contributed by atoms with E-state index in [0.717, 1.165) is 5.56 Å². The number of hydrogen-bond donors (Lipinski definition) is 2. The highest BCUT2D eigenvalue weighted by molar-refractivity contribution is 9.10. The summed E-state index contributed by atoms with van der Waals surface area (Å²) < 4.78 is 27.5. The Morgan fingerprint density at radius 3 is 2.58 bits per heavy atom. The van der Waals surface area contributed by atoms with E-state index in [9.17, 15) is 8.42 Å². The Kier molecular flexibility index (Phi) is 3.77. The molecule has 2 aromatic rings. The van der Waals surface area contributed by atoms with Gasteiger partial charge in [0.2, 0.25) is 0 Å². The molecule has 0 aliphatic heterocycles. The molecule has 5 nitrogen and oxygen atoms in total. The maximum absolute atomic E-state index is 12.2. The quantitative estimate of drug-likeness (QED) is 0.663. The first kappa shape index (κ1) is 13.8. The van der Waals surface area contributed by atoms with E-state index < -0.39 is 10.0 Å². The van der Waals surface area contributed by atoms with Crippen molar-refractivity contribution >= 4 is 37.3 Å². The van der Waals surface area contributed by atoms with E-state index in [0.29, 0.717) is 16.0 Å². The highest BCUT2D eigenvalue weighted by atomic mass is 79.9. The van der Waals surface area contributed by atoms with Crippen molar-refractivity contribution in [2.75, 3.05) is 10.5 Å². The van der Waals surface area contributed by atoms with Crippen LogP contribution in [-0.2, 0) is 10.0 Å². The van der Waals surface area contributed by atoms with Gasteiger partial charge in [-0.1, -0.05) is 0 Å². The Labute approximate surface area is 120 Å². The normalized spacial score (nSPS) is 11.3. The fraction of sp³-hybridized carbons (Fsp3) is 0.0833. The number of aryl methyl sites for hydroxylation is 1. The van der Waals surface area contributed by atoms with Crippen LogP contribution in [0.15, 0.2) is 46.0 Å². The monoisotopic (exact) mass is 341 g/mol. The van der Waals surface area contributed by atoms with Gasteiger partial charge in [-0.25, -0.2) is 13.4 Å². The van der Waals surface area contributed by atoms with Gasteiger partial charge in [0.1, 0.15) is 4.60 Å². The second-order valence-corrected chi connectivity index (χ2v) is 6.55. The Bertz CT molecular complexity index is 679. The zero-order chi connectivity index (χ0) is 14.0. The summed E-state index contributed by atoms with van der Waals surface area (Å²) in [6.45, 7) is 1.79. The summed E-state index contributed by atoms with van der Waals surface area (Å²) in [6.07, 6.45) is 1.43. The first-order valence-electron chi connectivity index (χ1n) is 5.38. The number of nitrogen functional groups attached to an aromatic ring is 1. The maximum atomic E-state index is 12.2. The Morgan fingerprint density at radius 1 is 1.26 bits per heavy atom. The van der Waals surface area contributed by atoms with Crippen LogP contribution in [0.2, 0.25) is 0 Å². The van der Waals surface area contributed by atoms with Crippen LogP contribution in [0.3, 0.4) is 0 Å². The second kappa shape index (κ2) is 5.18. The molecule has 3 N–H and O–H groups in total. The van der Waals surface area contributed by atoms with Crippen molar-refractivity contribution in [2.24, 2.45) is 0 Å². The summed E-state index contributed by atoms with van der Waals surface area (Å²) in [4.78, 5) is 4.09. The largest absolute Gasteiger partial charge is 0.399 e. The molecule has 0 spiro atoms. The van der Waals surface area contributed by atoms with E-state index in [4.69, 9.17) is 5.73 Å². The van der Waals surface area contributed by atoms with Crippen molar-refractivity contribution in [2.45, 2.75) is 11.8 Å². The van der Waals surface area contributed by atoms with Gasteiger partial charge in [0.25, 0.3) is 10.0 Å². The van der Waals surface area contributed by atoms with Gasteiger partial charge >= 0.3 is 0 Å². The molecule has 100 valence electrons. The van der Waals surface area contributed by atoms with E-state index in [-0.39, 0.29) is 4.90 Å². The smallest absolute Gasteiger partial charge is 0.262 e. The number of hydrogen-bond acceptors (Lipinski definition) is 4. The number of benzene rings is 1. The summed E-state index contributed by atoms with van der Waals surface area (Å²) in [5.74, 6) is 0. The molecule has 0 saturated carbocycles. The van der Waals surface area contributed by atoms with Crippen molar-refractivity contribution in [3.8, 4) is 0 Å². The molecule has 0 radical (unpaired) electrons. The minimum absolute atomic E-state index is 0.132. The maximum Gasteiger partial charge on any atom is 0.262 e. The minimum atomic E-state index is -3.66. The van der Waals surface area contributed by atoms with Crippen molar-refractivity contribution in [1.82, 2.24) is 4.98 Å². The van der Waals surface area contributed by atoms with Crippen molar-refractivity contribution in [1.29, 1.82) is 0 Å². The molecule has 0 amide bonds. The molecule has 7 heteroatoms. The molecule has 0 fully saturated rings. The lowest BCUT2D eigenvalue weighted by Crippen LogP contribution is -2.13. The highest BCUT2D eigenvalue weighted by Gasteiger charge is 2.15. The SMILES string of the molecule is Cc1cc(N)cc(S(=O)(=O)Nc2ccc(Br)nc2)c1. The second-order valence-electron chi connectivity index (χ2n) is 4.05. The van der Waals surface area contributed by atoms with Gasteiger partial charge in [-0.15, -0.1) is 0 Å². The van der Waals surface area contributed by atoms with Crippen LogP contribution in [0.1, 0.15) is 5.56 Å². The molecule has 0 aliphatic rings. The molecule has 2 rings (SSSR count). The lowest BCUT2D eigenvalue weighted by molar-refractivity contribution is 0.601. The lowest BCUT2D eigenvalue weighted by Gasteiger charge is -2.09. The molecule has 19 heavy (non-hydrogen) atoms. The molecule has 0 unspecified atom stereocenters. The zero-order valence-corrected chi connectivity index (χ0v) is 12.5. The van der Waals surface area contributed by atoms with Crippen LogP contribution in [0.25, 0.3) is 0 Å². The third-order valence-electron chi connectivity index (χ3n) is 2.36. The van der Waals surface area contributed by atoms with Gasteiger partial charge in [0.05, 0.1) is 16.8 Å². The van der Waals surface area contributed by atoms with Gasteiger partial charge in [-0.2, -0.15) is 0 Å². The highest BCUT2D eigenvalue weighted by Crippen LogP contribution is 2.20. The summed E-state index contributed by atoms with van der Waals surface area (Å²) in [6, 6.07) is 7.96. The summed E-state index contributed by atoms with van der Waals surface area (Å²) in [7, 11) is -3.66. The summed E-state index contributed by atoms with van der Waals surface area (Å²) in [5, 5.41) is 0. The Balaban J connectivity index is 2.34. The minimum Gasteiger partial charge on any atom is -0.399 e. The standard InChI is InChI=1S/C12H12BrN3O2S/c1-8-4-9(14)6-11(5-8)19(17,18)16-10-2-3-12(13)15-7-10/h2-7,16H,14H2,1H3. The predicted octanol–water partition coefficient (Wildman–Crippen LogP) is 2.54. The fourth-order valence-corrected chi connectivity index (χ4v) is 3.00. The van der Waals surface area contributed by atoms with E-state index in [2.05, 4.69) is 25.6 Å². The van der Waals surface area contributed by atoms with Crippen molar-refractivity contribution in [3.63, 3.8) is 0 Å². The number of sulfonamides is 1. The van der Waals surface area contributed by atoms with Crippen LogP contribution >= 0.6 is 15.9 Å². The van der Waals surface area contributed by atoms with Crippen LogP contribution < -0.4 is 10.5 Å². The van der Waals surface area contributed by atoms with Crippen molar-refractivity contribution in [3.05, 3.63) is 46.7 Å². The van der Waals surface area contributed by atoms with Crippen LogP contribution in [0, 0.1) is 6.92 Å². The number of nitrogens with one attached hydrogen (secondary N) is 1. The number of anilines is 2. The number of pyridine rings is 1. The van der Waals surface area contributed by atoms with E-state index in [1.807, 2.05) is 0 Å². The van der Waals surface area contributed by atoms with Gasteiger partial charge in [0.15, 0.2) is 0 Å². The number of halogens is 1. The van der Waals surface area contributed by atoms with Crippen molar-refractivity contribution < 1.29 is 8.42 Å². The van der Waals surface area contributed by atoms with E-state index in [1.54, 1.807) is 31.2 Å². The topological polar surface area (TPSA) is 85.1 Å². The average Bonchev–Trinajstić information content (AvgIpc) is 2.31. The van der Waals surface area contributed by atoms with E-state index in [1.165, 1.54) is 12.3 Å². The molecule has 0 bridgehead atoms. The summed E-state index contributed by atoms with van der Waals surface area (Å²) >= 11 is 3.18. The number of nitrogens with two attached hydrogens (primary N) is 1. The Morgan fingerprint density at radius 2 is 2.00 bits per heavy atom. The zero-order valence-electron chi connectivity index (χ0n) is 10.1. The molecule has 1 aromatic heterocycles. The molecule has 0 saturated heterocycles. The fourth-order valence-electron chi connectivity index (χ4n) is 1.58. The van der Waals surface area contributed by atoms with Gasteiger partial charge in [-0.3, -0.25) is 4.72 Å². The molecule has 0 aliphatic carbocycles. The third-order valence-corrected chi connectivity index (χ3v) is 4.19. The average molecular weight is 342 g/mol. The molecule has 0 atom stereocenters. The first-order valence-corrected chi connectivity index (χ1v) is 7.66. The number of rotatable bonds is 3. The van der Waals surface area contributed by atoms with Gasteiger partial charge in [0, 0.05) is 5.69 Å². The molecular weight excluding hydrogens is 330 g/mol. The number of aromatic nitrogens is 1. The van der Waals surface area contributed by atoms with Crippen LogP contribution in [-0.4, -0.2) is 13.4 Å². The van der Waals surface area contributed by atoms with Gasteiger partial charge in [-0.05, 0) is 58.7 Å². The number of nitrogens with zero attached hydrogens (tertiary/aromatic N) is 1. The summed E-state index contributed by atoms with van der Waals surface area (Å²) in [5.41, 5.74) is 7.25. The lowest BCUT2D eigenvalue weighted by atomic mass is 10.2. The van der Waals surface area contributed by atoms with E-state index >= 15 is 0 Å². The third kappa shape index (κ3) is 3.45. The molecular formula is C12H12BrN3O2S. The molecule has 1 heterocycles. The molecule has 1 aromatic carbocycles. The van der Waals surface area contributed by atoms with Gasteiger partial charge < -0.3 is 5.73 Å².